The molecule has 0 radical (unpaired) electrons. The molecule has 0 unspecified atom stereocenters. The normalized spacial score (nSPS) is 33.7. The van der Waals surface area contributed by atoms with Crippen molar-refractivity contribution in [1.29, 1.82) is 0 Å². The van der Waals surface area contributed by atoms with Crippen molar-refractivity contribution in [2.75, 3.05) is 6.61 Å². The lowest BCUT2D eigenvalue weighted by molar-refractivity contribution is -0.153. The van der Waals surface area contributed by atoms with Crippen molar-refractivity contribution in [2.24, 2.45) is 46.3 Å². The molecule has 0 amide bonds. The highest BCUT2D eigenvalue weighted by molar-refractivity contribution is 5.83. The van der Waals surface area contributed by atoms with Crippen molar-refractivity contribution in [3.05, 3.63) is 51.4 Å². The van der Waals surface area contributed by atoms with Gasteiger partial charge in [0.05, 0.1) is 0 Å². The van der Waals surface area contributed by atoms with E-state index in [-0.39, 0.29) is 29.7 Å². The van der Waals surface area contributed by atoms with Gasteiger partial charge < -0.3 is 13.9 Å². The first kappa shape index (κ1) is 33.0. The second-order valence-corrected chi connectivity index (χ2v) is 17.1. The largest absolute Gasteiger partial charge is 0.482 e. The van der Waals surface area contributed by atoms with E-state index >= 15 is 0 Å². The summed E-state index contributed by atoms with van der Waals surface area (Å²) in [5.74, 6) is 5.15. The molecule has 47 heavy (non-hydrogen) atoms. The maximum atomic E-state index is 13.0. The number of rotatable bonds is 9. The highest BCUT2D eigenvalue weighted by Gasteiger charge is 2.59. The molecule has 1 aromatic heterocycles. The molecular formula is C42H58O5. The SMILES string of the molecule is CC(C)CCC[C@H](C)[C@@H]1CC[C@H]2[C@H]3CC=C4C[C@@H](OC(=O)COc5ccc6c7c(c(=O)oc6c5)CCCC7)CC[C@]4(C)[C@@H]3CC[C@@]21C. The van der Waals surface area contributed by atoms with Crippen LogP contribution in [0.25, 0.3) is 11.0 Å². The van der Waals surface area contributed by atoms with Crippen LogP contribution in [0.4, 0.5) is 0 Å². The number of carbonyl (C=O) groups excluding carboxylic acids is 1. The quantitative estimate of drug-likeness (QED) is 0.155. The zero-order valence-corrected chi connectivity index (χ0v) is 29.7. The molecule has 8 atom stereocenters. The molecule has 1 heterocycles. The first-order valence-electron chi connectivity index (χ1n) is 19.2. The van der Waals surface area contributed by atoms with Crippen LogP contribution in [0, 0.1) is 46.3 Å². The van der Waals surface area contributed by atoms with Gasteiger partial charge >= 0.3 is 11.6 Å². The summed E-state index contributed by atoms with van der Waals surface area (Å²) in [4.78, 5) is 25.5. The van der Waals surface area contributed by atoms with Gasteiger partial charge in [-0.15, -0.1) is 0 Å². The zero-order valence-electron chi connectivity index (χ0n) is 29.7. The van der Waals surface area contributed by atoms with Crippen molar-refractivity contribution in [1.82, 2.24) is 0 Å². The third-order valence-electron chi connectivity index (χ3n) is 14.1. The zero-order chi connectivity index (χ0) is 32.9. The van der Waals surface area contributed by atoms with Crippen molar-refractivity contribution < 1.29 is 18.7 Å². The van der Waals surface area contributed by atoms with Gasteiger partial charge in [0, 0.05) is 23.4 Å². The lowest BCUT2D eigenvalue weighted by atomic mass is 9.47. The average molecular weight is 643 g/mol. The van der Waals surface area contributed by atoms with E-state index in [0.717, 1.165) is 97.0 Å². The third-order valence-corrected chi connectivity index (χ3v) is 14.1. The van der Waals surface area contributed by atoms with Crippen molar-refractivity contribution >= 4 is 16.9 Å². The summed E-state index contributed by atoms with van der Waals surface area (Å²) < 4.78 is 17.5. The van der Waals surface area contributed by atoms with E-state index in [4.69, 9.17) is 13.9 Å². The topological polar surface area (TPSA) is 65.7 Å². The number of ether oxygens (including phenoxy) is 2. The Morgan fingerprint density at radius 1 is 0.979 bits per heavy atom. The first-order chi connectivity index (χ1) is 22.6. The molecule has 0 N–H and O–H groups in total. The second-order valence-electron chi connectivity index (χ2n) is 17.1. The molecule has 0 bridgehead atoms. The Kier molecular flexibility index (Phi) is 9.15. The van der Waals surface area contributed by atoms with E-state index < -0.39 is 0 Å². The first-order valence-corrected chi connectivity index (χ1v) is 19.2. The van der Waals surface area contributed by atoms with E-state index in [1.165, 1.54) is 56.9 Å². The summed E-state index contributed by atoms with van der Waals surface area (Å²) in [6.45, 7) is 12.3. The minimum atomic E-state index is -0.326. The van der Waals surface area contributed by atoms with Gasteiger partial charge in [0.25, 0.3) is 0 Å². The number of benzene rings is 1. The summed E-state index contributed by atoms with van der Waals surface area (Å²) >= 11 is 0. The van der Waals surface area contributed by atoms with Gasteiger partial charge in [0.1, 0.15) is 17.4 Å². The van der Waals surface area contributed by atoms with Crippen LogP contribution in [0.1, 0.15) is 129 Å². The molecule has 5 aliphatic carbocycles. The number of allylic oxidation sites excluding steroid dienone is 1. The van der Waals surface area contributed by atoms with Crippen LogP contribution in [0.3, 0.4) is 0 Å². The molecule has 0 aliphatic heterocycles. The number of esters is 1. The molecule has 1 aromatic carbocycles. The predicted octanol–water partition coefficient (Wildman–Crippen LogP) is 10.0. The van der Waals surface area contributed by atoms with Crippen molar-refractivity contribution in [3.63, 3.8) is 0 Å². The Bertz CT molecular complexity index is 1570. The molecule has 7 rings (SSSR count). The van der Waals surface area contributed by atoms with Gasteiger partial charge in [0.2, 0.25) is 0 Å². The Morgan fingerprint density at radius 2 is 1.79 bits per heavy atom. The van der Waals surface area contributed by atoms with Crippen LogP contribution in [0.5, 0.6) is 5.75 Å². The monoisotopic (exact) mass is 642 g/mol. The summed E-state index contributed by atoms with van der Waals surface area (Å²) in [6.07, 6.45) is 20.1. The summed E-state index contributed by atoms with van der Waals surface area (Å²) in [6, 6.07) is 5.57. The number of aryl methyl sites for hydroxylation is 1. The maximum Gasteiger partial charge on any atom is 0.344 e. The molecule has 5 heteroatoms. The van der Waals surface area contributed by atoms with Crippen LogP contribution >= 0.6 is 0 Å². The molecule has 3 saturated carbocycles. The van der Waals surface area contributed by atoms with Gasteiger partial charge in [-0.25, -0.2) is 9.59 Å². The minimum absolute atomic E-state index is 0.0838. The third kappa shape index (κ3) is 6.12. The lowest BCUT2D eigenvalue weighted by Crippen LogP contribution is -2.51. The van der Waals surface area contributed by atoms with E-state index in [1.54, 1.807) is 6.07 Å². The van der Waals surface area contributed by atoms with Crippen LogP contribution in [-0.2, 0) is 22.4 Å². The molecule has 0 spiro atoms. The van der Waals surface area contributed by atoms with Crippen LogP contribution in [0.2, 0.25) is 0 Å². The molecular weight excluding hydrogens is 584 g/mol. The second kappa shape index (κ2) is 13.0. The Morgan fingerprint density at radius 3 is 2.60 bits per heavy atom. The number of fused-ring (bicyclic) bond motifs is 8. The highest BCUT2D eigenvalue weighted by atomic mass is 16.6. The molecule has 0 saturated heterocycles. The van der Waals surface area contributed by atoms with Crippen LogP contribution in [-0.4, -0.2) is 18.7 Å². The molecule has 256 valence electrons. The van der Waals surface area contributed by atoms with Crippen molar-refractivity contribution in [3.8, 4) is 5.75 Å². The molecule has 5 aliphatic rings. The van der Waals surface area contributed by atoms with Gasteiger partial charge in [-0.05, 0) is 135 Å². The number of hydrogen-bond donors (Lipinski definition) is 0. The fourth-order valence-electron chi connectivity index (χ4n) is 11.6. The maximum absolute atomic E-state index is 13.0. The fourth-order valence-corrected chi connectivity index (χ4v) is 11.6. The van der Waals surface area contributed by atoms with Crippen LogP contribution < -0.4 is 10.4 Å². The predicted molar refractivity (Wildman–Crippen MR) is 188 cm³/mol. The summed E-state index contributed by atoms with van der Waals surface area (Å²) in [5.41, 5.74) is 4.49. The van der Waals surface area contributed by atoms with Crippen molar-refractivity contribution in [2.45, 2.75) is 137 Å². The summed E-state index contributed by atoms with van der Waals surface area (Å²) in [5, 5.41) is 0.976. The Balaban J connectivity index is 0.953. The van der Waals surface area contributed by atoms with Gasteiger partial charge in [-0.2, -0.15) is 0 Å². The highest BCUT2D eigenvalue weighted by Crippen LogP contribution is 2.67. The molecule has 2 aromatic rings. The van der Waals surface area contributed by atoms with E-state index in [1.807, 2.05) is 12.1 Å². The van der Waals surface area contributed by atoms with E-state index in [0.29, 0.717) is 16.7 Å². The average Bonchev–Trinajstić information content (AvgIpc) is 3.41. The molecule has 5 nitrogen and oxygen atoms in total. The van der Waals surface area contributed by atoms with Gasteiger partial charge in [-0.1, -0.05) is 65.5 Å². The Hall–Kier alpha value is -2.56. The Labute approximate surface area is 282 Å². The van der Waals surface area contributed by atoms with E-state index in [9.17, 15) is 9.59 Å². The van der Waals surface area contributed by atoms with Gasteiger partial charge in [0.15, 0.2) is 6.61 Å². The number of hydrogen-bond acceptors (Lipinski definition) is 5. The van der Waals surface area contributed by atoms with E-state index in [2.05, 4.69) is 40.7 Å². The number of carbonyl (C=O) groups is 1. The van der Waals surface area contributed by atoms with Gasteiger partial charge in [-0.3, -0.25) is 0 Å². The fraction of sp³-hybridized carbons (Fsp3) is 0.714. The standard InChI is InChI=1S/C42H58O5/c1-26(2)9-8-10-27(3)35-17-18-36-34-15-13-28-23-30(19-21-41(28,4)37(34)20-22-42(35,36)5)46-39(43)25-45-29-14-16-32-31-11-6-7-12-33(31)40(44)47-38(32)24-29/h13-14,16,24,26-27,30,34-37H,6-12,15,17-23,25H2,1-5H3/t27-,30-,34+,35-,36-,37+,41-,42+/m0/s1. The smallest absolute Gasteiger partial charge is 0.344 e. The molecule has 3 fully saturated rings. The minimum Gasteiger partial charge on any atom is -0.482 e. The van der Waals surface area contributed by atoms with Crippen LogP contribution in [0.15, 0.2) is 39.1 Å². The lowest BCUT2D eigenvalue weighted by Gasteiger charge is -2.58. The summed E-state index contributed by atoms with van der Waals surface area (Å²) in [7, 11) is 0.